The molecule has 2 N–H and O–H groups in total. The second-order valence-electron chi connectivity index (χ2n) is 6.36. The lowest BCUT2D eigenvalue weighted by Gasteiger charge is -2.10. The van der Waals surface area contributed by atoms with Gasteiger partial charge in [-0.2, -0.15) is 0 Å². The molecule has 0 bridgehead atoms. The minimum absolute atomic E-state index is 0.139. The van der Waals surface area contributed by atoms with Crippen LogP contribution in [0.5, 0.6) is 0 Å². The summed E-state index contributed by atoms with van der Waals surface area (Å²) in [5.41, 5.74) is 0.519. The van der Waals surface area contributed by atoms with Gasteiger partial charge in [0.2, 0.25) is 0 Å². The molecule has 0 radical (unpaired) electrons. The highest BCUT2D eigenvalue weighted by Crippen LogP contribution is 2.14. The minimum atomic E-state index is -0.701. The fourth-order valence-corrected chi connectivity index (χ4v) is 2.70. The predicted octanol–water partition coefficient (Wildman–Crippen LogP) is 2.13. The maximum absolute atomic E-state index is 13.0. The number of nitrogens with zero attached hydrogens (tertiary/aromatic N) is 1. The van der Waals surface area contributed by atoms with E-state index in [0.717, 1.165) is 0 Å². The molecule has 0 spiro atoms. The molecular weight excluding hydrogens is 405 g/mol. The molecule has 1 heterocycles. The van der Waals surface area contributed by atoms with Gasteiger partial charge in [-0.25, -0.2) is 4.39 Å². The van der Waals surface area contributed by atoms with E-state index in [1.807, 2.05) is 0 Å². The van der Waals surface area contributed by atoms with Crippen LogP contribution < -0.4 is 16.2 Å². The molecule has 3 aromatic rings. The zero-order chi connectivity index (χ0) is 22.4. The third kappa shape index (κ3) is 5.21. The Morgan fingerprint density at radius 2 is 1.65 bits per heavy atom. The Bertz CT molecular complexity index is 1170. The van der Waals surface area contributed by atoms with Crippen molar-refractivity contribution < 1.29 is 23.5 Å². The maximum Gasteiger partial charge on any atom is 0.325 e. The maximum atomic E-state index is 13.0. The number of methoxy groups -OCH3 is 1. The summed E-state index contributed by atoms with van der Waals surface area (Å²) in [6, 6.07) is 14.4. The van der Waals surface area contributed by atoms with Crippen LogP contribution in [0.1, 0.15) is 20.7 Å². The van der Waals surface area contributed by atoms with E-state index in [1.54, 1.807) is 24.3 Å². The summed E-state index contributed by atoms with van der Waals surface area (Å²) in [5, 5.41) is 5.00. The first-order chi connectivity index (χ1) is 14.9. The summed E-state index contributed by atoms with van der Waals surface area (Å²) in [5.74, 6) is -2.18. The molecule has 0 aliphatic rings. The smallest absolute Gasteiger partial charge is 0.325 e. The van der Waals surface area contributed by atoms with Crippen molar-refractivity contribution in [1.82, 2.24) is 9.88 Å². The largest absolute Gasteiger partial charge is 0.468 e. The number of carbonyl (C=O) groups is 3. The first kappa shape index (κ1) is 21.4. The van der Waals surface area contributed by atoms with Crippen LogP contribution in [0.4, 0.5) is 10.1 Å². The van der Waals surface area contributed by atoms with Crippen molar-refractivity contribution in [2.75, 3.05) is 19.0 Å². The number of nitrogens with one attached hydrogen (secondary N) is 2. The van der Waals surface area contributed by atoms with E-state index in [-0.39, 0.29) is 12.1 Å². The van der Waals surface area contributed by atoms with Crippen molar-refractivity contribution in [3.8, 4) is 5.69 Å². The lowest BCUT2D eigenvalue weighted by atomic mass is 10.2. The second kappa shape index (κ2) is 9.49. The molecule has 2 aromatic carbocycles. The average molecular weight is 423 g/mol. The summed E-state index contributed by atoms with van der Waals surface area (Å²) >= 11 is 0. The van der Waals surface area contributed by atoms with Crippen LogP contribution in [0.15, 0.2) is 71.7 Å². The van der Waals surface area contributed by atoms with Crippen molar-refractivity contribution in [3.05, 3.63) is 94.2 Å². The third-order valence-electron chi connectivity index (χ3n) is 4.32. The molecule has 0 unspecified atom stereocenters. The molecule has 1 aromatic heterocycles. The van der Waals surface area contributed by atoms with Gasteiger partial charge in [0.1, 0.15) is 17.9 Å². The Morgan fingerprint density at radius 1 is 0.968 bits per heavy atom. The standard InChI is InChI=1S/C22H18FN3O5/c1-31-19(27)13-24-21(29)18-3-2-12-26(22(18)30)17-10-8-16(9-11-17)25-20(28)14-4-6-15(23)7-5-14/h2-12H,13H2,1H3,(H,24,29)(H,25,28). The van der Waals surface area contributed by atoms with Crippen molar-refractivity contribution in [2.45, 2.75) is 0 Å². The van der Waals surface area contributed by atoms with Gasteiger partial charge in [-0.1, -0.05) is 0 Å². The average Bonchev–Trinajstić information content (AvgIpc) is 2.78. The molecule has 158 valence electrons. The monoisotopic (exact) mass is 423 g/mol. The number of esters is 1. The van der Waals surface area contributed by atoms with Crippen LogP contribution in [0, 0.1) is 5.82 Å². The van der Waals surface area contributed by atoms with Crippen molar-refractivity contribution in [2.24, 2.45) is 0 Å². The summed E-state index contributed by atoms with van der Waals surface area (Å²) < 4.78 is 18.7. The molecule has 0 aliphatic heterocycles. The summed E-state index contributed by atoms with van der Waals surface area (Å²) in [6.45, 7) is -0.355. The second-order valence-corrected chi connectivity index (χ2v) is 6.36. The topological polar surface area (TPSA) is 106 Å². The molecule has 2 amide bonds. The highest BCUT2D eigenvalue weighted by molar-refractivity contribution is 6.04. The Balaban J connectivity index is 1.75. The van der Waals surface area contributed by atoms with Gasteiger partial charge in [-0.05, 0) is 60.7 Å². The third-order valence-corrected chi connectivity index (χ3v) is 4.32. The van der Waals surface area contributed by atoms with Gasteiger partial charge < -0.3 is 15.4 Å². The molecular formula is C22H18FN3O5. The Kier molecular flexibility index (Phi) is 6.56. The van der Waals surface area contributed by atoms with Crippen molar-refractivity contribution in [3.63, 3.8) is 0 Å². The molecule has 0 aliphatic carbocycles. The van der Waals surface area contributed by atoms with Crippen LogP contribution >= 0.6 is 0 Å². The number of hydrogen-bond donors (Lipinski definition) is 2. The molecule has 0 atom stereocenters. The number of rotatable bonds is 6. The molecule has 3 rings (SSSR count). The van der Waals surface area contributed by atoms with Crippen molar-refractivity contribution in [1.29, 1.82) is 0 Å². The molecule has 9 heteroatoms. The van der Waals surface area contributed by atoms with Gasteiger partial charge in [0.15, 0.2) is 0 Å². The summed E-state index contributed by atoms with van der Waals surface area (Å²) in [4.78, 5) is 48.3. The molecule has 8 nitrogen and oxygen atoms in total. The molecule has 0 saturated carbocycles. The van der Waals surface area contributed by atoms with Gasteiger partial charge in [-0.15, -0.1) is 0 Å². The van der Waals surface area contributed by atoms with E-state index in [4.69, 9.17) is 0 Å². The van der Waals surface area contributed by atoms with Gasteiger partial charge in [-0.3, -0.25) is 23.7 Å². The normalized spacial score (nSPS) is 10.3. The zero-order valence-corrected chi connectivity index (χ0v) is 16.4. The number of anilines is 1. The fraction of sp³-hybridized carbons (Fsp3) is 0.0909. The van der Waals surface area contributed by atoms with Crippen LogP contribution in [-0.4, -0.2) is 36.0 Å². The van der Waals surface area contributed by atoms with Gasteiger partial charge in [0.05, 0.1) is 7.11 Å². The number of ether oxygens (including phenoxy) is 1. The lowest BCUT2D eigenvalue weighted by Crippen LogP contribution is -2.35. The first-order valence-electron chi connectivity index (χ1n) is 9.13. The number of aromatic nitrogens is 1. The van der Waals surface area contributed by atoms with Gasteiger partial charge in [0, 0.05) is 23.1 Å². The Hall–Kier alpha value is -4.27. The zero-order valence-electron chi connectivity index (χ0n) is 16.4. The Labute approximate surface area is 176 Å². The van der Waals surface area contributed by atoms with E-state index < -0.39 is 29.2 Å². The van der Waals surface area contributed by atoms with Gasteiger partial charge in [0.25, 0.3) is 17.4 Å². The highest BCUT2D eigenvalue weighted by Gasteiger charge is 2.14. The minimum Gasteiger partial charge on any atom is -0.468 e. The van der Waals surface area contributed by atoms with E-state index >= 15 is 0 Å². The van der Waals surface area contributed by atoms with E-state index in [2.05, 4.69) is 15.4 Å². The van der Waals surface area contributed by atoms with Gasteiger partial charge >= 0.3 is 5.97 Å². The number of pyridine rings is 1. The fourth-order valence-electron chi connectivity index (χ4n) is 2.70. The number of hydrogen-bond acceptors (Lipinski definition) is 5. The number of amides is 2. The van der Waals surface area contributed by atoms with Crippen LogP contribution in [0.2, 0.25) is 0 Å². The quantitative estimate of drug-likeness (QED) is 0.591. The summed E-state index contributed by atoms with van der Waals surface area (Å²) in [7, 11) is 1.19. The van der Waals surface area contributed by atoms with Crippen LogP contribution in [0.3, 0.4) is 0 Å². The molecule has 0 saturated heterocycles. The van der Waals surface area contributed by atoms with Crippen LogP contribution in [0.25, 0.3) is 5.69 Å². The van der Waals surface area contributed by atoms with E-state index in [9.17, 15) is 23.6 Å². The molecule has 0 fully saturated rings. The Morgan fingerprint density at radius 3 is 2.29 bits per heavy atom. The highest BCUT2D eigenvalue weighted by atomic mass is 19.1. The van der Waals surface area contributed by atoms with Crippen molar-refractivity contribution >= 4 is 23.5 Å². The molecule has 31 heavy (non-hydrogen) atoms. The SMILES string of the molecule is COC(=O)CNC(=O)c1cccn(-c2ccc(NC(=O)c3ccc(F)cc3)cc2)c1=O. The number of halogens is 1. The van der Waals surface area contributed by atoms with Crippen LogP contribution in [-0.2, 0) is 9.53 Å². The lowest BCUT2D eigenvalue weighted by molar-refractivity contribution is -0.139. The van der Waals surface area contributed by atoms with E-state index in [1.165, 1.54) is 54.3 Å². The first-order valence-corrected chi connectivity index (χ1v) is 9.13. The number of carbonyl (C=O) groups excluding carboxylic acids is 3. The summed E-state index contributed by atoms with van der Waals surface area (Å²) in [6.07, 6.45) is 1.49. The predicted molar refractivity (Wildman–Crippen MR) is 111 cm³/mol. The van der Waals surface area contributed by atoms with E-state index in [0.29, 0.717) is 16.9 Å². The number of benzene rings is 2.